The fourth-order valence-electron chi connectivity index (χ4n) is 3.53. The minimum atomic E-state index is 0.744. The van der Waals surface area contributed by atoms with Crippen LogP contribution in [0.25, 0.3) is 0 Å². The van der Waals surface area contributed by atoms with E-state index in [0.717, 1.165) is 25.0 Å². The smallest absolute Gasteiger partial charge is 0.0249 e. The molecule has 2 fully saturated rings. The van der Waals surface area contributed by atoms with Crippen molar-refractivity contribution in [3.8, 4) is 0 Å². The summed E-state index contributed by atoms with van der Waals surface area (Å²) in [7, 11) is 0. The lowest BCUT2D eigenvalue weighted by atomic mass is 9.99. The Balaban J connectivity index is 1.46. The summed E-state index contributed by atoms with van der Waals surface area (Å²) >= 11 is 0. The summed E-state index contributed by atoms with van der Waals surface area (Å²) in [6.07, 6.45) is 6.75. The van der Waals surface area contributed by atoms with Gasteiger partial charge in [0.25, 0.3) is 0 Å². The first-order valence-electron chi connectivity index (χ1n) is 7.45. The number of benzene rings is 1. The monoisotopic (exact) mass is 244 g/mol. The van der Waals surface area contributed by atoms with E-state index < -0.39 is 0 Å². The SMILES string of the molecule is c1ccc(CCNC2CCN3CCCCC23)cc1. The molecule has 0 amide bonds. The van der Waals surface area contributed by atoms with Crippen LogP contribution in [-0.4, -0.2) is 36.6 Å². The molecule has 1 N–H and O–H groups in total. The third-order valence-electron chi connectivity index (χ3n) is 4.52. The van der Waals surface area contributed by atoms with Crippen LogP contribution in [0, 0.1) is 0 Å². The van der Waals surface area contributed by atoms with Gasteiger partial charge in [-0.05, 0) is 44.3 Å². The zero-order valence-electron chi connectivity index (χ0n) is 11.1. The average molecular weight is 244 g/mol. The molecule has 0 aromatic heterocycles. The molecule has 0 radical (unpaired) electrons. The molecule has 18 heavy (non-hydrogen) atoms. The lowest BCUT2D eigenvalue weighted by molar-refractivity contribution is 0.181. The van der Waals surface area contributed by atoms with E-state index in [1.54, 1.807) is 0 Å². The number of hydrogen-bond donors (Lipinski definition) is 1. The molecule has 0 spiro atoms. The zero-order valence-corrected chi connectivity index (χ0v) is 11.1. The van der Waals surface area contributed by atoms with E-state index in [1.807, 2.05) is 0 Å². The number of nitrogens with one attached hydrogen (secondary N) is 1. The molecule has 3 rings (SSSR count). The number of fused-ring (bicyclic) bond motifs is 1. The molecule has 0 saturated carbocycles. The molecule has 98 valence electrons. The maximum absolute atomic E-state index is 3.79. The number of nitrogens with zero attached hydrogens (tertiary/aromatic N) is 1. The summed E-state index contributed by atoms with van der Waals surface area (Å²) in [4.78, 5) is 2.70. The van der Waals surface area contributed by atoms with E-state index in [0.29, 0.717) is 0 Å². The molecule has 2 aliphatic heterocycles. The Bertz CT molecular complexity index is 363. The van der Waals surface area contributed by atoms with Gasteiger partial charge in [-0.15, -0.1) is 0 Å². The minimum Gasteiger partial charge on any atom is -0.312 e. The van der Waals surface area contributed by atoms with Crippen LogP contribution in [-0.2, 0) is 6.42 Å². The Morgan fingerprint density at radius 1 is 1.06 bits per heavy atom. The molecule has 1 aromatic carbocycles. The molecule has 1 aromatic rings. The third-order valence-corrected chi connectivity index (χ3v) is 4.52. The number of rotatable bonds is 4. The van der Waals surface area contributed by atoms with Gasteiger partial charge in [-0.25, -0.2) is 0 Å². The lowest BCUT2D eigenvalue weighted by Gasteiger charge is -2.32. The van der Waals surface area contributed by atoms with E-state index >= 15 is 0 Å². The van der Waals surface area contributed by atoms with Gasteiger partial charge in [0.1, 0.15) is 0 Å². The summed E-state index contributed by atoms with van der Waals surface area (Å²) in [5, 5.41) is 3.79. The molecule has 2 nitrogen and oxygen atoms in total. The van der Waals surface area contributed by atoms with Crippen molar-refractivity contribution >= 4 is 0 Å². The molecule has 2 heteroatoms. The fraction of sp³-hybridized carbons (Fsp3) is 0.625. The summed E-state index contributed by atoms with van der Waals surface area (Å²) < 4.78 is 0. The number of hydrogen-bond acceptors (Lipinski definition) is 2. The molecule has 2 unspecified atom stereocenters. The van der Waals surface area contributed by atoms with Crippen LogP contribution in [0.2, 0.25) is 0 Å². The van der Waals surface area contributed by atoms with Gasteiger partial charge in [-0.3, -0.25) is 4.90 Å². The predicted octanol–water partition coefficient (Wildman–Crippen LogP) is 2.45. The molecule has 2 heterocycles. The molecule has 0 aliphatic carbocycles. The Morgan fingerprint density at radius 2 is 1.94 bits per heavy atom. The van der Waals surface area contributed by atoms with Crippen molar-refractivity contribution in [2.24, 2.45) is 0 Å². The van der Waals surface area contributed by atoms with Gasteiger partial charge >= 0.3 is 0 Å². The number of piperidine rings is 1. The molecule has 2 aliphatic rings. The van der Waals surface area contributed by atoms with Crippen LogP contribution in [0.4, 0.5) is 0 Å². The largest absolute Gasteiger partial charge is 0.312 e. The highest BCUT2D eigenvalue weighted by atomic mass is 15.2. The Hall–Kier alpha value is -0.860. The minimum absolute atomic E-state index is 0.744. The van der Waals surface area contributed by atoms with Crippen LogP contribution >= 0.6 is 0 Å². The Morgan fingerprint density at radius 3 is 2.83 bits per heavy atom. The summed E-state index contributed by atoms with van der Waals surface area (Å²) in [6, 6.07) is 12.4. The second-order valence-electron chi connectivity index (χ2n) is 5.68. The van der Waals surface area contributed by atoms with Gasteiger partial charge < -0.3 is 5.32 Å². The van der Waals surface area contributed by atoms with Crippen molar-refractivity contribution in [3.05, 3.63) is 35.9 Å². The highest BCUT2D eigenvalue weighted by Gasteiger charge is 2.34. The lowest BCUT2D eigenvalue weighted by Crippen LogP contribution is -2.45. The van der Waals surface area contributed by atoms with Crippen LogP contribution in [0.5, 0.6) is 0 Å². The van der Waals surface area contributed by atoms with E-state index in [-0.39, 0.29) is 0 Å². The summed E-state index contributed by atoms with van der Waals surface area (Å²) in [5.41, 5.74) is 1.45. The van der Waals surface area contributed by atoms with Crippen molar-refractivity contribution in [1.82, 2.24) is 10.2 Å². The van der Waals surface area contributed by atoms with Crippen LogP contribution in [0.15, 0.2) is 30.3 Å². The van der Waals surface area contributed by atoms with Gasteiger partial charge in [0.15, 0.2) is 0 Å². The van der Waals surface area contributed by atoms with Gasteiger partial charge in [0, 0.05) is 18.6 Å². The molecular formula is C16H24N2. The van der Waals surface area contributed by atoms with E-state index in [4.69, 9.17) is 0 Å². The highest BCUT2D eigenvalue weighted by molar-refractivity contribution is 5.14. The maximum atomic E-state index is 3.79. The van der Waals surface area contributed by atoms with Crippen molar-refractivity contribution in [2.45, 2.75) is 44.2 Å². The Kier molecular flexibility index (Phi) is 3.96. The van der Waals surface area contributed by atoms with Crippen molar-refractivity contribution in [1.29, 1.82) is 0 Å². The van der Waals surface area contributed by atoms with Crippen molar-refractivity contribution < 1.29 is 0 Å². The predicted molar refractivity (Wildman–Crippen MR) is 75.8 cm³/mol. The standard InChI is InChI=1S/C16H24N2/c1-2-6-14(7-3-1)9-11-17-15-10-13-18-12-5-4-8-16(15)18/h1-3,6-7,15-17H,4-5,8-13H2. The van der Waals surface area contributed by atoms with Gasteiger partial charge in [-0.2, -0.15) is 0 Å². The first kappa shape index (κ1) is 12.2. The second kappa shape index (κ2) is 5.85. The molecular weight excluding hydrogens is 220 g/mol. The van der Waals surface area contributed by atoms with Crippen LogP contribution in [0.3, 0.4) is 0 Å². The topological polar surface area (TPSA) is 15.3 Å². The van der Waals surface area contributed by atoms with Crippen molar-refractivity contribution in [3.63, 3.8) is 0 Å². The van der Waals surface area contributed by atoms with E-state index in [9.17, 15) is 0 Å². The summed E-state index contributed by atoms with van der Waals surface area (Å²) in [5.74, 6) is 0. The van der Waals surface area contributed by atoms with Gasteiger partial charge in [0.2, 0.25) is 0 Å². The van der Waals surface area contributed by atoms with E-state index in [1.165, 1.54) is 44.3 Å². The van der Waals surface area contributed by atoms with Crippen LogP contribution in [0.1, 0.15) is 31.2 Å². The third kappa shape index (κ3) is 2.76. The molecule has 0 bridgehead atoms. The molecule has 2 saturated heterocycles. The molecule has 2 atom stereocenters. The highest BCUT2D eigenvalue weighted by Crippen LogP contribution is 2.26. The normalized spacial score (nSPS) is 28.2. The second-order valence-corrected chi connectivity index (χ2v) is 5.68. The first-order chi connectivity index (χ1) is 8.93. The van der Waals surface area contributed by atoms with Crippen molar-refractivity contribution in [2.75, 3.05) is 19.6 Å². The van der Waals surface area contributed by atoms with Crippen LogP contribution < -0.4 is 5.32 Å². The maximum Gasteiger partial charge on any atom is 0.0249 e. The summed E-state index contributed by atoms with van der Waals surface area (Å²) in [6.45, 7) is 3.77. The quantitative estimate of drug-likeness (QED) is 0.875. The first-order valence-corrected chi connectivity index (χ1v) is 7.45. The van der Waals surface area contributed by atoms with Gasteiger partial charge in [0.05, 0.1) is 0 Å². The Labute approximate surface area is 110 Å². The van der Waals surface area contributed by atoms with Gasteiger partial charge in [-0.1, -0.05) is 36.8 Å². The van der Waals surface area contributed by atoms with E-state index in [2.05, 4.69) is 40.5 Å². The average Bonchev–Trinajstić information content (AvgIpc) is 2.84. The zero-order chi connectivity index (χ0) is 12.2. The fourth-order valence-corrected chi connectivity index (χ4v) is 3.53.